The lowest BCUT2D eigenvalue weighted by Crippen LogP contribution is -2.03. The highest BCUT2D eigenvalue weighted by atomic mass is 16.5. The molecule has 0 atom stereocenters. The van der Waals surface area contributed by atoms with Crippen molar-refractivity contribution in [3.05, 3.63) is 59.7 Å². The Morgan fingerprint density at radius 3 is 1.36 bits per heavy atom. The van der Waals surface area contributed by atoms with E-state index in [1.165, 1.54) is 0 Å². The predicted octanol–water partition coefficient (Wildman–Crippen LogP) is 4.00. The minimum atomic E-state index is -0.0380. The fourth-order valence-electron chi connectivity index (χ4n) is 2.73. The van der Waals surface area contributed by atoms with Crippen LogP contribution in [0, 0.1) is 0 Å². The summed E-state index contributed by atoms with van der Waals surface area (Å²) in [6.07, 6.45) is 5.27. The Morgan fingerprint density at radius 2 is 1.00 bits per heavy atom. The van der Waals surface area contributed by atoms with Gasteiger partial charge in [0.1, 0.15) is 11.5 Å². The van der Waals surface area contributed by atoms with Crippen molar-refractivity contribution in [2.75, 3.05) is 26.4 Å². The number of carbonyl (C=O) groups is 1. The number of hydrogen-bond donors (Lipinski definition) is 2. The van der Waals surface area contributed by atoms with Gasteiger partial charge in [-0.05, 0) is 87.1 Å². The molecule has 0 saturated carbocycles. The van der Waals surface area contributed by atoms with Gasteiger partial charge in [-0.3, -0.25) is 4.79 Å². The Labute approximate surface area is 166 Å². The molecule has 0 aromatic heterocycles. The Bertz CT molecular complexity index is 620. The summed E-state index contributed by atoms with van der Waals surface area (Å²) in [5, 5.41) is 17.5. The van der Waals surface area contributed by atoms with Gasteiger partial charge in [0.15, 0.2) is 5.78 Å². The highest BCUT2D eigenvalue weighted by Crippen LogP contribution is 2.18. The molecule has 5 nitrogen and oxygen atoms in total. The standard InChI is InChI=1S/C23H30O5/c24-15-3-1-5-17-27-21-11-7-19(8-12-21)23(26)20-9-13-22(14-10-20)28-18-6-2-4-16-25/h7-14,24-25H,1-6,15-18H2. The van der Waals surface area contributed by atoms with Crippen LogP contribution in [0.1, 0.15) is 54.4 Å². The number of hydrogen-bond acceptors (Lipinski definition) is 5. The smallest absolute Gasteiger partial charge is 0.193 e. The first-order valence-corrected chi connectivity index (χ1v) is 9.96. The van der Waals surface area contributed by atoms with Gasteiger partial charge in [0.05, 0.1) is 13.2 Å². The third-order valence-electron chi connectivity index (χ3n) is 4.38. The zero-order valence-corrected chi connectivity index (χ0v) is 16.3. The quantitative estimate of drug-likeness (QED) is 0.379. The maximum Gasteiger partial charge on any atom is 0.193 e. The van der Waals surface area contributed by atoms with Crippen molar-refractivity contribution in [2.45, 2.75) is 38.5 Å². The molecule has 0 heterocycles. The van der Waals surface area contributed by atoms with Crippen molar-refractivity contribution in [1.82, 2.24) is 0 Å². The van der Waals surface area contributed by atoms with E-state index in [1.807, 2.05) is 24.3 Å². The molecule has 2 aromatic carbocycles. The second kappa shape index (κ2) is 12.9. The molecule has 5 heteroatoms. The molecule has 0 bridgehead atoms. The van der Waals surface area contributed by atoms with Gasteiger partial charge in [-0.2, -0.15) is 0 Å². The van der Waals surface area contributed by atoms with E-state index in [1.54, 1.807) is 24.3 Å². The SMILES string of the molecule is O=C(c1ccc(OCCCCCO)cc1)c1ccc(OCCCCCO)cc1. The van der Waals surface area contributed by atoms with E-state index < -0.39 is 0 Å². The van der Waals surface area contributed by atoms with E-state index in [0.29, 0.717) is 24.3 Å². The largest absolute Gasteiger partial charge is 0.494 e. The minimum Gasteiger partial charge on any atom is -0.494 e. The first-order chi connectivity index (χ1) is 13.7. The van der Waals surface area contributed by atoms with E-state index >= 15 is 0 Å². The Balaban J connectivity index is 1.80. The molecule has 0 amide bonds. The maximum atomic E-state index is 12.6. The van der Waals surface area contributed by atoms with Crippen LogP contribution in [0.2, 0.25) is 0 Å². The van der Waals surface area contributed by atoms with Crippen molar-refractivity contribution < 1.29 is 24.5 Å². The zero-order valence-electron chi connectivity index (χ0n) is 16.3. The van der Waals surface area contributed by atoms with Crippen LogP contribution in [0.4, 0.5) is 0 Å². The summed E-state index contributed by atoms with van der Waals surface area (Å²) < 4.78 is 11.3. The summed E-state index contributed by atoms with van der Waals surface area (Å²) in [5.41, 5.74) is 1.23. The van der Waals surface area contributed by atoms with Crippen molar-refractivity contribution in [2.24, 2.45) is 0 Å². The molecular formula is C23H30O5. The summed E-state index contributed by atoms with van der Waals surface area (Å²) in [6.45, 7) is 1.65. The van der Waals surface area contributed by atoms with Gasteiger partial charge in [-0.1, -0.05) is 0 Å². The minimum absolute atomic E-state index is 0.0380. The number of aliphatic hydroxyl groups excluding tert-OH is 2. The summed E-state index contributed by atoms with van der Waals surface area (Å²) >= 11 is 0. The van der Waals surface area contributed by atoms with E-state index in [-0.39, 0.29) is 19.0 Å². The fourth-order valence-corrected chi connectivity index (χ4v) is 2.73. The molecule has 28 heavy (non-hydrogen) atoms. The molecule has 0 saturated heterocycles. The van der Waals surface area contributed by atoms with Crippen molar-refractivity contribution in [3.8, 4) is 11.5 Å². The maximum absolute atomic E-state index is 12.6. The first-order valence-electron chi connectivity index (χ1n) is 9.96. The molecule has 0 spiro atoms. The lowest BCUT2D eigenvalue weighted by Gasteiger charge is -2.08. The molecule has 0 aliphatic carbocycles. The Hall–Kier alpha value is -2.37. The van der Waals surface area contributed by atoms with Crippen molar-refractivity contribution >= 4 is 5.78 Å². The lowest BCUT2D eigenvalue weighted by molar-refractivity contribution is 0.103. The highest BCUT2D eigenvalue weighted by Gasteiger charge is 2.09. The molecule has 2 rings (SSSR count). The van der Waals surface area contributed by atoms with E-state index in [2.05, 4.69) is 0 Å². The monoisotopic (exact) mass is 386 g/mol. The Morgan fingerprint density at radius 1 is 0.607 bits per heavy atom. The van der Waals surface area contributed by atoms with Crippen LogP contribution >= 0.6 is 0 Å². The van der Waals surface area contributed by atoms with E-state index in [9.17, 15) is 4.79 Å². The topological polar surface area (TPSA) is 76.0 Å². The predicted molar refractivity (Wildman–Crippen MR) is 109 cm³/mol. The van der Waals surface area contributed by atoms with E-state index in [0.717, 1.165) is 50.0 Å². The van der Waals surface area contributed by atoms with Gasteiger partial charge in [0.2, 0.25) is 0 Å². The molecule has 0 aliphatic rings. The van der Waals surface area contributed by atoms with Gasteiger partial charge in [0.25, 0.3) is 0 Å². The van der Waals surface area contributed by atoms with Gasteiger partial charge >= 0.3 is 0 Å². The van der Waals surface area contributed by atoms with Crippen LogP contribution in [-0.4, -0.2) is 42.4 Å². The Kier molecular flexibility index (Phi) is 10.1. The van der Waals surface area contributed by atoms with Crippen molar-refractivity contribution in [1.29, 1.82) is 0 Å². The van der Waals surface area contributed by atoms with Crippen LogP contribution < -0.4 is 9.47 Å². The third-order valence-corrected chi connectivity index (χ3v) is 4.38. The third kappa shape index (κ3) is 7.71. The van der Waals surface area contributed by atoms with Gasteiger partial charge < -0.3 is 19.7 Å². The molecule has 0 aliphatic heterocycles. The molecule has 0 radical (unpaired) electrons. The average Bonchev–Trinajstić information content (AvgIpc) is 2.74. The van der Waals surface area contributed by atoms with Crippen molar-refractivity contribution in [3.63, 3.8) is 0 Å². The average molecular weight is 386 g/mol. The second-order valence-corrected chi connectivity index (χ2v) is 6.64. The lowest BCUT2D eigenvalue weighted by atomic mass is 10.0. The zero-order chi connectivity index (χ0) is 20.0. The molecular weight excluding hydrogens is 356 g/mol. The molecule has 0 fully saturated rings. The van der Waals surface area contributed by atoms with Crippen LogP contribution in [0.15, 0.2) is 48.5 Å². The van der Waals surface area contributed by atoms with Crippen LogP contribution in [0.5, 0.6) is 11.5 Å². The number of aliphatic hydroxyl groups is 2. The van der Waals surface area contributed by atoms with Crippen LogP contribution in [0.25, 0.3) is 0 Å². The number of unbranched alkanes of at least 4 members (excludes halogenated alkanes) is 4. The molecule has 0 unspecified atom stereocenters. The summed E-state index contributed by atoms with van der Waals surface area (Å²) in [4.78, 5) is 12.6. The summed E-state index contributed by atoms with van der Waals surface area (Å²) in [7, 11) is 0. The van der Waals surface area contributed by atoms with Crippen LogP contribution in [0.3, 0.4) is 0 Å². The van der Waals surface area contributed by atoms with Gasteiger partial charge in [-0.25, -0.2) is 0 Å². The number of ether oxygens (including phenoxy) is 2. The van der Waals surface area contributed by atoms with Gasteiger partial charge in [-0.15, -0.1) is 0 Å². The highest BCUT2D eigenvalue weighted by molar-refractivity contribution is 6.09. The second-order valence-electron chi connectivity index (χ2n) is 6.64. The van der Waals surface area contributed by atoms with Crippen LogP contribution in [-0.2, 0) is 0 Å². The normalized spacial score (nSPS) is 10.6. The fraction of sp³-hybridized carbons (Fsp3) is 0.435. The summed E-state index contributed by atoms with van der Waals surface area (Å²) in [5.74, 6) is 1.44. The molecule has 2 aromatic rings. The molecule has 152 valence electrons. The molecule has 2 N–H and O–H groups in total. The number of benzene rings is 2. The number of ketones is 1. The number of rotatable bonds is 14. The van der Waals surface area contributed by atoms with E-state index in [4.69, 9.17) is 19.7 Å². The van der Waals surface area contributed by atoms with Gasteiger partial charge in [0, 0.05) is 24.3 Å². The first kappa shape index (κ1) is 21.9. The summed E-state index contributed by atoms with van der Waals surface area (Å²) in [6, 6.07) is 14.3. The number of carbonyl (C=O) groups excluding carboxylic acids is 1.